The predicted octanol–water partition coefficient (Wildman–Crippen LogP) is 2.23. The number of hydrogen-bond acceptors (Lipinski definition) is 4. The van der Waals surface area contributed by atoms with Crippen LogP contribution in [0.15, 0.2) is 29.4 Å². The van der Waals surface area contributed by atoms with Crippen LogP contribution in [0.2, 0.25) is 0 Å². The van der Waals surface area contributed by atoms with Crippen molar-refractivity contribution < 1.29 is 14.4 Å². The maximum absolute atomic E-state index is 12.9. The maximum atomic E-state index is 12.9. The number of carbonyl (C=O) groups excluding carboxylic acids is 3. The van der Waals surface area contributed by atoms with E-state index in [1.165, 1.54) is 23.8 Å². The molecule has 0 atom stereocenters. The molecule has 1 spiro atoms. The second-order valence-corrected chi connectivity index (χ2v) is 7.85. The van der Waals surface area contributed by atoms with Crippen molar-refractivity contribution in [2.24, 2.45) is 4.99 Å². The Labute approximate surface area is 158 Å². The van der Waals surface area contributed by atoms with Gasteiger partial charge in [-0.25, -0.2) is 4.79 Å². The lowest BCUT2D eigenvalue weighted by Gasteiger charge is -2.20. The Kier molecular flexibility index (Phi) is 4.85. The molecule has 3 amide bonds. The number of hydrogen-bond donors (Lipinski definition) is 1. The van der Waals surface area contributed by atoms with E-state index >= 15 is 0 Å². The van der Waals surface area contributed by atoms with Gasteiger partial charge in [-0.15, -0.1) is 0 Å². The largest absolute Gasteiger partial charge is 0.325 e. The minimum absolute atomic E-state index is 0.235. The molecule has 2 aliphatic carbocycles. The number of pyridine rings is 1. The maximum Gasteiger partial charge on any atom is 0.325 e. The van der Waals surface area contributed by atoms with Crippen LogP contribution in [0.25, 0.3) is 0 Å². The molecule has 7 nitrogen and oxygen atoms in total. The monoisotopic (exact) mass is 370 g/mol. The summed E-state index contributed by atoms with van der Waals surface area (Å²) in [6.45, 7) is -0.256. The molecule has 4 rings (SSSR count). The number of urea groups is 1. The van der Waals surface area contributed by atoms with E-state index in [-0.39, 0.29) is 24.4 Å². The van der Waals surface area contributed by atoms with Crippen molar-refractivity contribution in [2.75, 3.05) is 6.54 Å². The van der Waals surface area contributed by atoms with E-state index in [9.17, 15) is 14.4 Å². The standard InChI is InChI=1S/C20H26N4O3/c25-17(14-24-18(26)20(22-19(24)27)11-5-6-12-20)23-13-7-4-10-16(23)21-15-8-2-1-3-9-15/h4,7,10,13,15H,1-3,5-6,8-9,11-12,14H2,(H,22,27). The fraction of sp³-hybridized carbons (Fsp3) is 0.600. The lowest BCUT2D eigenvalue weighted by Crippen LogP contribution is -2.45. The Morgan fingerprint density at radius 2 is 1.85 bits per heavy atom. The third-order valence-corrected chi connectivity index (χ3v) is 5.99. The highest BCUT2D eigenvalue weighted by Gasteiger charge is 2.52. The van der Waals surface area contributed by atoms with Crippen LogP contribution < -0.4 is 10.8 Å². The molecule has 1 aliphatic heterocycles. The summed E-state index contributed by atoms with van der Waals surface area (Å²) in [5, 5.41) is 2.82. The van der Waals surface area contributed by atoms with E-state index in [4.69, 9.17) is 4.99 Å². The van der Waals surface area contributed by atoms with E-state index in [1.54, 1.807) is 12.3 Å². The Morgan fingerprint density at radius 3 is 2.59 bits per heavy atom. The predicted molar refractivity (Wildman–Crippen MR) is 98.9 cm³/mol. The van der Waals surface area contributed by atoms with E-state index in [0.29, 0.717) is 18.3 Å². The van der Waals surface area contributed by atoms with Gasteiger partial charge in [-0.2, -0.15) is 0 Å². The van der Waals surface area contributed by atoms with Crippen molar-refractivity contribution in [3.63, 3.8) is 0 Å². The number of rotatable bonds is 3. The summed E-state index contributed by atoms with van der Waals surface area (Å²) in [5.74, 6) is -0.579. The smallest absolute Gasteiger partial charge is 0.323 e. The molecule has 1 aromatic rings. The molecule has 2 saturated carbocycles. The van der Waals surface area contributed by atoms with Gasteiger partial charge in [0.25, 0.3) is 11.8 Å². The molecule has 0 radical (unpaired) electrons. The van der Waals surface area contributed by atoms with Gasteiger partial charge in [-0.05, 0) is 37.8 Å². The quantitative estimate of drug-likeness (QED) is 0.828. The van der Waals surface area contributed by atoms with Crippen molar-refractivity contribution >= 4 is 17.8 Å². The second kappa shape index (κ2) is 7.29. The molecule has 7 heteroatoms. The SMILES string of the molecule is O=C1NC2(CCCC2)C(=O)N1CC(=O)n1ccccc1=NC1CCCCC1. The van der Waals surface area contributed by atoms with Gasteiger partial charge in [-0.3, -0.25) is 24.0 Å². The first-order valence-corrected chi connectivity index (χ1v) is 9.98. The van der Waals surface area contributed by atoms with Gasteiger partial charge in [0.05, 0.1) is 6.04 Å². The van der Waals surface area contributed by atoms with Gasteiger partial charge in [0.15, 0.2) is 0 Å². The van der Waals surface area contributed by atoms with Crippen LogP contribution in [0.3, 0.4) is 0 Å². The Hall–Kier alpha value is -2.44. The highest BCUT2D eigenvalue weighted by atomic mass is 16.2. The summed E-state index contributed by atoms with van der Waals surface area (Å²) in [6, 6.07) is 5.21. The summed E-state index contributed by atoms with van der Waals surface area (Å²) in [6.07, 6.45) is 10.5. The van der Waals surface area contributed by atoms with Crippen LogP contribution in [0, 0.1) is 0 Å². The third-order valence-electron chi connectivity index (χ3n) is 5.99. The summed E-state index contributed by atoms with van der Waals surface area (Å²) >= 11 is 0. The van der Waals surface area contributed by atoms with Crippen LogP contribution in [0.4, 0.5) is 4.79 Å². The van der Waals surface area contributed by atoms with Crippen LogP contribution in [0.1, 0.15) is 62.6 Å². The lowest BCUT2D eigenvalue weighted by molar-refractivity contribution is -0.130. The lowest BCUT2D eigenvalue weighted by atomic mass is 9.96. The first kappa shape index (κ1) is 17.9. The number of carbonyl (C=O) groups is 3. The van der Waals surface area contributed by atoms with Crippen molar-refractivity contribution in [1.29, 1.82) is 0 Å². The van der Waals surface area contributed by atoms with Crippen molar-refractivity contribution in [1.82, 2.24) is 14.8 Å². The zero-order valence-corrected chi connectivity index (χ0v) is 15.5. The average Bonchev–Trinajstić information content (AvgIpc) is 3.24. The number of imide groups is 1. The van der Waals surface area contributed by atoms with Crippen molar-refractivity contribution in [3.8, 4) is 0 Å². The Balaban J connectivity index is 1.54. The molecule has 0 unspecified atom stereocenters. The molecule has 3 fully saturated rings. The zero-order chi connectivity index (χ0) is 18.9. The van der Waals surface area contributed by atoms with Gasteiger partial charge >= 0.3 is 6.03 Å². The number of amides is 3. The molecular weight excluding hydrogens is 344 g/mol. The number of nitrogens with one attached hydrogen (secondary N) is 1. The minimum atomic E-state index is -0.784. The second-order valence-electron chi connectivity index (χ2n) is 7.85. The van der Waals surface area contributed by atoms with Crippen LogP contribution >= 0.6 is 0 Å². The molecule has 27 heavy (non-hydrogen) atoms. The highest BCUT2D eigenvalue weighted by Crippen LogP contribution is 2.34. The van der Waals surface area contributed by atoms with E-state index in [0.717, 1.165) is 30.6 Å². The van der Waals surface area contributed by atoms with E-state index in [1.807, 2.05) is 12.1 Å². The van der Waals surface area contributed by atoms with Crippen LogP contribution in [-0.2, 0) is 4.79 Å². The molecule has 1 N–H and O–H groups in total. The fourth-order valence-electron chi connectivity index (χ4n) is 4.50. The third kappa shape index (κ3) is 3.42. The first-order valence-electron chi connectivity index (χ1n) is 9.98. The fourth-order valence-corrected chi connectivity index (χ4v) is 4.50. The molecule has 2 heterocycles. The van der Waals surface area contributed by atoms with Gasteiger partial charge in [0.2, 0.25) is 0 Å². The molecule has 0 bridgehead atoms. The average molecular weight is 370 g/mol. The summed E-state index contributed by atoms with van der Waals surface area (Å²) < 4.78 is 1.47. The summed E-state index contributed by atoms with van der Waals surface area (Å²) in [4.78, 5) is 43.8. The van der Waals surface area contributed by atoms with E-state index in [2.05, 4.69) is 5.32 Å². The molecule has 1 saturated heterocycles. The van der Waals surface area contributed by atoms with Crippen LogP contribution in [-0.4, -0.2) is 45.4 Å². The molecule has 0 aromatic carbocycles. The van der Waals surface area contributed by atoms with Crippen LogP contribution in [0.5, 0.6) is 0 Å². The Bertz CT molecular complexity index is 817. The van der Waals surface area contributed by atoms with E-state index < -0.39 is 11.6 Å². The molecule has 1 aromatic heterocycles. The van der Waals surface area contributed by atoms with Gasteiger partial charge in [-0.1, -0.05) is 38.2 Å². The zero-order valence-electron chi connectivity index (χ0n) is 15.5. The van der Waals surface area contributed by atoms with Gasteiger partial charge in [0.1, 0.15) is 17.6 Å². The topological polar surface area (TPSA) is 83.8 Å². The normalized spacial score (nSPS) is 23.3. The van der Waals surface area contributed by atoms with Crippen molar-refractivity contribution in [3.05, 3.63) is 29.9 Å². The molecule has 144 valence electrons. The first-order chi connectivity index (χ1) is 13.1. The Morgan fingerprint density at radius 1 is 1.11 bits per heavy atom. The summed E-state index contributed by atoms with van der Waals surface area (Å²) in [7, 11) is 0. The highest BCUT2D eigenvalue weighted by molar-refractivity contribution is 6.09. The minimum Gasteiger partial charge on any atom is -0.323 e. The molecular formula is C20H26N4O3. The van der Waals surface area contributed by atoms with Gasteiger partial charge in [0, 0.05) is 6.20 Å². The molecule has 3 aliphatic rings. The van der Waals surface area contributed by atoms with Crippen molar-refractivity contribution in [2.45, 2.75) is 69.4 Å². The number of nitrogens with zero attached hydrogens (tertiary/aromatic N) is 3. The van der Waals surface area contributed by atoms with Gasteiger partial charge < -0.3 is 5.32 Å². The number of aromatic nitrogens is 1. The summed E-state index contributed by atoms with van der Waals surface area (Å²) in [5.41, 5.74) is -0.189.